The Morgan fingerprint density at radius 3 is 2.68 bits per heavy atom. The van der Waals surface area contributed by atoms with E-state index in [2.05, 4.69) is 15.6 Å². The van der Waals surface area contributed by atoms with Gasteiger partial charge in [0.25, 0.3) is 0 Å². The van der Waals surface area contributed by atoms with Gasteiger partial charge in [-0.05, 0) is 11.4 Å². The third kappa shape index (κ3) is 4.92. The summed E-state index contributed by atoms with van der Waals surface area (Å²) in [4.78, 5) is 28.8. The van der Waals surface area contributed by atoms with Crippen LogP contribution < -0.4 is 10.6 Å². The molecule has 0 saturated carbocycles. The van der Waals surface area contributed by atoms with Crippen molar-refractivity contribution in [1.82, 2.24) is 15.6 Å². The van der Waals surface area contributed by atoms with Crippen LogP contribution in [-0.4, -0.2) is 29.9 Å². The summed E-state index contributed by atoms with van der Waals surface area (Å²) in [5.41, 5.74) is 0.775. The zero-order valence-electron chi connectivity index (χ0n) is 12.6. The molecule has 2 aromatic heterocycles. The molecule has 0 fully saturated rings. The van der Waals surface area contributed by atoms with Crippen LogP contribution in [-0.2, 0) is 16.0 Å². The maximum atomic E-state index is 11.8. The molecule has 0 radical (unpaired) electrons. The lowest BCUT2D eigenvalue weighted by Gasteiger charge is -2.08. The fraction of sp³-hybridized carbons (Fsp3) is 0.400. The lowest BCUT2D eigenvalue weighted by atomic mass is 10.2. The summed E-state index contributed by atoms with van der Waals surface area (Å²) in [7, 11) is 0. The first-order valence-electron chi connectivity index (χ1n) is 7.09. The summed E-state index contributed by atoms with van der Waals surface area (Å²) >= 11 is 3.18. The highest BCUT2D eigenvalue weighted by molar-refractivity contribution is 7.20. The number of carbonyl (C=O) groups excluding carboxylic acids is 2. The van der Waals surface area contributed by atoms with Gasteiger partial charge in [0.15, 0.2) is 0 Å². The van der Waals surface area contributed by atoms with E-state index in [0.717, 1.165) is 15.6 Å². The standard InChI is InChI=1S/C15H19N3O2S2/c1-10(2)14(20)17-6-5-16-13(19)8-11-9-22-15(18-11)12-4-3-7-21-12/h3-4,7,9-10H,5-6,8H2,1-2H3,(H,16,19)(H,17,20). The predicted molar refractivity (Wildman–Crippen MR) is 90.0 cm³/mol. The summed E-state index contributed by atoms with van der Waals surface area (Å²) in [5.74, 6) is -0.127. The second-order valence-corrected chi connectivity index (χ2v) is 6.90. The van der Waals surface area contributed by atoms with E-state index < -0.39 is 0 Å². The van der Waals surface area contributed by atoms with Crippen LogP contribution in [0.5, 0.6) is 0 Å². The first-order chi connectivity index (χ1) is 10.6. The topological polar surface area (TPSA) is 71.1 Å². The molecule has 0 bridgehead atoms. The largest absolute Gasteiger partial charge is 0.354 e. The Morgan fingerprint density at radius 1 is 1.23 bits per heavy atom. The second-order valence-electron chi connectivity index (χ2n) is 5.09. The van der Waals surface area contributed by atoms with Crippen molar-refractivity contribution in [2.45, 2.75) is 20.3 Å². The van der Waals surface area contributed by atoms with Crippen LogP contribution in [0, 0.1) is 5.92 Å². The molecule has 0 aliphatic carbocycles. The van der Waals surface area contributed by atoms with E-state index in [4.69, 9.17) is 0 Å². The molecule has 5 nitrogen and oxygen atoms in total. The van der Waals surface area contributed by atoms with Crippen LogP contribution in [0.1, 0.15) is 19.5 Å². The number of nitrogens with one attached hydrogen (secondary N) is 2. The zero-order valence-corrected chi connectivity index (χ0v) is 14.2. The van der Waals surface area contributed by atoms with Gasteiger partial charge >= 0.3 is 0 Å². The summed E-state index contributed by atoms with van der Waals surface area (Å²) < 4.78 is 0. The summed E-state index contributed by atoms with van der Waals surface area (Å²) in [6.07, 6.45) is 0.264. The van der Waals surface area contributed by atoms with E-state index in [1.807, 2.05) is 36.7 Å². The van der Waals surface area contributed by atoms with Gasteiger partial charge in [-0.15, -0.1) is 22.7 Å². The smallest absolute Gasteiger partial charge is 0.226 e. The molecule has 0 atom stereocenters. The Bertz CT molecular complexity index is 621. The van der Waals surface area contributed by atoms with Crippen LogP contribution in [0.15, 0.2) is 22.9 Å². The first-order valence-corrected chi connectivity index (χ1v) is 8.85. The van der Waals surface area contributed by atoms with Gasteiger partial charge in [-0.1, -0.05) is 19.9 Å². The van der Waals surface area contributed by atoms with E-state index >= 15 is 0 Å². The lowest BCUT2D eigenvalue weighted by Crippen LogP contribution is -2.36. The van der Waals surface area contributed by atoms with Gasteiger partial charge in [-0.25, -0.2) is 4.98 Å². The average Bonchev–Trinajstić information content (AvgIpc) is 3.13. The molecule has 0 saturated heterocycles. The Hall–Kier alpha value is -1.73. The van der Waals surface area contributed by atoms with E-state index in [-0.39, 0.29) is 24.2 Å². The molecule has 0 unspecified atom stereocenters. The number of hydrogen-bond donors (Lipinski definition) is 2. The Balaban J connectivity index is 1.72. The molecule has 0 spiro atoms. The van der Waals surface area contributed by atoms with Crippen LogP contribution >= 0.6 is 22.7 Å². The average molecular weight is 337 g/mol. The number of rotatable bonds is 7. The molecular weight excluding hydrogens is 318 g/mol. The van der Waals surface area contributed by atoms with E-state index in [0.29, 0.717) is 13.1 Å². The summed E-state index contributed by atoms with van der Waals surface area (Å²) in [6, 6.07) is 4.00. The lowest BCUT2D eigenvalue weighted by molar-refractivity contribution is -0.124. The molecule has 2 N–H and O–H groups in total. The third-order valence-electron chi connectivity index (χ3n) is 2.90. The molecule has 2 rings (SSSR count). The quantitative estimate of drug-likeness (QED) is 0.762. The zero-order chi connectivity index (χ0) is 15.9. The Morgan fingerprint density at radius 2 is 2.00 bits per heavy atom. The minimum absolute atomic E-state index is 0.00524. The van der Waals surface area contributed by atoms with Gasteiger partial charge in [-0.3, -0.25) is 9.59 Å². The molecule has 2 amide bonds. The van der Waals surface area contributed by atoms with Gasteiger partial charge in [0.05, 0.1) is 17.0 Å². The molecule has 7 heteroatoms. The van der Waals surface area contributed by atoms with Crippen molar-refractivity contribution in [3.63, 3.8) is 0 Å². The highest BCUT2D eigenvalue weighted by atomic mass is 32.1. The molecule has 0 aliphatic rings. The second kappa shape index (κ2) is 8.05. The number of thiazole rings is 1. The van der Waals surface area contributed by atoms with Gasteiger partial charge in [-0.2, -0.15) is 0 Å². The third-order valence-corrected chi connectivity index (χ3v) is 4.83. The van der Waals surface area contributed by atoms with Gasteiger partial charge < -0.3 is 10.6 Å². The minimum Gasteiger partial charge on any atom is -0.354 e. The van der Waals surface area contributed by atoms with Crippen LogP contribution in [0.25, 0.3) is 9.88 Å². The number of aromatic nitrogens is 1. The van der Waals surface area contributed by atoms with Crippen molar-refractivity contribution < 1.29 is 9.59 Å². The van der Waals surface area contributed by atoms with Crippen molar-refractivity contribution in [2.75, 3.05) is 13.1 Å². The summed E-state index contributed by atoms with van der Waals surface area (Å²) in [6.45, 7) is 4.54. The van der Waals surface area contributed by atoms with Crippen molar-refractivity contribution in [2.24, 2.45) is 5.92 Å². The van der Waals surface area contributed by atoms with Crippen LogP contribution in [0.3, 0.4) is 0 Å². The number of nitrogens with zero attached hydrogens (tertiary/aromatic N) is 1. The van der Waals surface area contributed by atoms with E-state index in [1.54, 1.807) is 22.7 Å². The van der Waals surface area contributed by atoms with E-state index in [1.165, 1.54) is 0 Å². The molecule has 2 heterocycles. The fourth-order valence-electron chi connectivity index (χ4n) is 1.72. The van der Waals surface area contributed by atoms with Crippen LogP contribution in [0.4, 0.5) is 0 Å². The Labute approximate surface area is 137 Å². The Kier molecular flexibility index (Phi) is 6.09. The van der Waals surface area contributed by atoms with Gasteiger partial charge in [0.2, 0.25) is 11.8 Å². The molecule has 22 heavy (non-hydrogen) atoms. The van der Waals surface area contributed by atoms with Crippen molar-refractivity contribution in [3.8, 4) is 9.88 Å². The predicted octanol–water partition coefficient (Wildman–Crippen LogP) is 2.30. The molecule has 118 valence electrons. The number of thiophene rings is 1. The normalized spacial score (nSPS) is 10.7. The number of carbonyl (C=O) groups is 2. The number of hydrogen-bond acceptors (Lipinski definition) is 5. The highest BCUT2D eigenvalue weighted by Gasteiger charge is 2.10. The maximum absolute atomic E-state index is 11.8. The number of amides is 2. The van der Waals surface area contributed by atoms with Gasteiger partial charge in [0.1, 0.15) is 5.01 Å². The molecule has 0 aromatic carbocycles. The van der Waals surface area contributed by atoms with Gasteiger partial charge in [0, 0.05) is 24.4 Å². The first kappa shape index (κ1) is 16.6. The van der Waals surface area contributed by atoms with Crippen molar-refractivity contribution >= 4 is 34.5 Å². The van der Waals surface area contributed by atoms with Crippen molar-refractivity contribution in [1.29, 1.82) is 0 Å². The fourth-order valence-corrected chi connectivity index (χ4v) is 3.35. The SMILES string of the molecule is CC(C)C(=O)NCCNC(=O)Cc1csc(-c2cccs2)n1. The summed E-state index contributed by atoms with van der Waals surface area (Å²) in [5, 5.41) is 10.4. The van der Waals surface area contributed by atoms with E-state index in [9.17, 15) is 9.59 Å². The highest BCUT2D eigenvalue weighted by Crippen LogP contribution is 2.27. The molecule has 2 aromatic rings. The van der Waals surface area contributed by atoms with Crippen molar-refractivity contribution in [3.05, 3.63) is 28.6 Å². The molecule has 0 aliphatic heterocycles. The molecular formula is C15H19N3O2S2. The maximum Gasteiger partial charge on any atom is 0.226 e. The minimum atomic E-state index is -0.0816. The monoisotopic (exact) mass is 337 g/mol. The van der Waals surface area contributed by atoms with Crippen LogP contribution in [0.2, 0.25) is 0 Å².